The lowest BCUT2D eigenvalue weighted by molar-refractivity contribution is 0.576. The van der Waals surface area contributed by atoms with Crippen LogP contribution < -0.4 is 0 Å². The van der Waals surface area contributed by atoms with E-state index in [0.717, 1.165) is 6.54 Å². The molecule has 0 atom stereocenters. The van der Waals surface area contributed by atoms with Crippen molar-refractivity contribution in [2.24, 2.45) is 0 Å². The zero-order valence-electron chi connectivity index (χ0n) is 6.39. The average Bonchev–Trinajstić information content (AvgIpc) is 2.25. The molecule has 0 saturated carbocycles. The van der Waals surface area contributed by atoms with Crippen LogP contribution in [0.25, 0.3) is 0 Å². The minimum absolute atomic E-state index is 1.12. The molecule has 1 aromatic heterocycles. The summed E-state index contributed by atoms with van der Waals surface area (Å²) >= 11 is 2.37. The molecule has 60 valence electrons. The molecular formula is C8H11IN2. The van der Waals surface area contributed by atoms with Gasteiger partial charge in [0.05, 0.1) is 15.5 Å². The maximum Gasteiger partial charge on any atom is 0.0626 e. The molecule has 3 heteroatoms. The van der Waals surface area contributed by atoms with Crippen molar-refractivity contribution in [3.8, 4) is 0 Å². The second kappa shape index (κ2) is 3.13. The van der Waals surface area contributed by atoms with Crippen molar-refractivity contribution in [3.05, 3.63) is 15.5 Å². The molecule has 1 aliphatic rings. The third-order valence-electron chi connectivity index (χ3n) is 2.18. The number of rotatable bonds is 0. The lowest BCUT2D eigenvalue weighted by Crippen LogP contribution is -2.01. The van der Waals surface area contributed by atoms with Gasteiger partial charge in [-0.05, 0) is 41.9 Å². The minimum atomic E-state index is 1.12. The highest BCUT2D eigenvalue weighted by Gasteiger charge is 2.10. The van der Waals surface area contributed by atoms with Crippen LogP contribution in [0, 0.1) is 3.57 Å². The van der Waals surface area contributed by atoms with Crippen molar-refractivity contribution >= 4 is 22.6 Å². The zero-order chi connectivity index (χ0) is 7.68. The van der Waals surface area contributed by atoms with Gasteiger partial charge in [-0.15, -0.1) is 0 Å². The molecule has 11 heavy (non-hydrogen) atoms. The van der Waals surface area contributed by atoms with Gasteiger partial charge in [0.15, 0.2) is 0 Å². The van der Waals surface area contributed by atoms with Gasteiger partial charge in [-0.25, -0.2) is 0 Å². The molecule has 1 aliphatic heterocycles. The van der Waals surface area contributed by atoms with Crippen LogP contribution in [-0.2, 0) is 13.0 Å². The molecule has 0 radical (unpaired) electrons. The SMILES string of the molecule is Ic1cnn2c1CCCCC2. The summed E-state index contributed by atoms with van der Waals surface area (Å²) in [5, 5.41) is 4.33. The molecule has 2 heterocycles. The third-order valence-corrected chi connectivity index (χ3v) is 3.08. The van der Waals surface area contributed by atoms with E-state index < -0.39 is 0 Å². The van der Waals surface area contributed by atoms with Crippen LogP contribution in [0.15, 0.2) is 6.20 Å². The standard InChI is InChI=1S/C8H11IN2/c9-7-6-10-11-5-3-1-2-4-8(7)11/h6H,1-5H2. The number of fused-ring (bicyclic) bond motifs is 1. The smallest absolute Gasteiger partial charge is 0.0626 e. The van der Waals surface area contributed by atoms with Crippen LogP contribution in [0.3, 0.4) is 0 Å². The highest BCUT2D eigenvalue weighted by Crippen LogP contribution is 2.18. The molecule has 0 aliphatic carbocycles. The van der Waals surface area contributed by atoms with Crippen LogP contribution in [0.5, 0.6) is 0 Å². The fourth-order valence-electron chi connectivity index (χ4n) is 1.56. The van der Waals surface area contributed by atoms with E-state index in [1.165, 1.54) is 34.9 Å². The average molecular weight is 262 g/mol. The summed E-state index contributed by atoms with van der Waals surface area (Å²) in [7, 11) is 0. The van der Waals surface area contributed by atoms with Crippen molar-refractivity contribution in [1.82, 2.24) is 9.78 Å². The maximum atomic E-state index is 4.33. The largest absolute Gasteiger partial charge is 0.269 e. The second-order valence-electron chi connectivity index (χ2n) is 2.97. The lowest BCUT2D eigenvalue weighted by atomic mass is 10.2. The van der Waals surface area contributed by atoms with E-state index in [1.54, 1.807) is 0 Å². The van der Waals surface area contributed by atoms with Crippen LogP contribution in [0.2, 0.25) is 0 Å². The molecule has 0 fully saturated rings. The summed E-state index contributed by atoms with van der Waals surface area (Å²) in [4.78, 5) is 0. The van der Waals surface area contributed by atoms with E-state index >= 15 is 0 Å². The van der Waals surface area contributed by atoms with Crippen LogP contribution in [0.4, 0.5) is 0 Å². The molecule has 0 unspecified atom stereocenters. The van der Waals surface area contributed by atoms with E-state index in [2.05, 4.69) is 32.4 Å². The predicted octanol–water partition coefficient (Wildman–Crippen LogP) is 2.21. The molecular weight excluding hydrogens is 251 g/mol. The van der Waals surface area contributed by atoms with Crippen molar-refractivity contribution in [1.29, 1.82) is 0 Å². The monoisotopic (exact) mass is 262 g/mol. The van der Waals surface area contributed by atoms with Crippen LogP contribution >= 0.6 is 22.6 Å². The summed E-state index contributed by atoms with van der Waals surface area (Å²) in [6.07, 6.45) is 7.19. The Bertz CT molecular complexity index is 255. The molecule has 0 bridgehead atoms. The van der Waals surface area contributed by atoms with Crippen molar-refractivity contribution in [2.45, 2.75) is 32.2 Å². The normalized spacial score (nSPS) is 17.5. The molecule has 0 N–H and O–H groups in total. The number of aryl methyl sites for hydroxylation is 1. The second-order valence-corrected chi connectivity index (χ2v) is 4.14. The van der Waals surface area contributed by atoms with Crippen molar-refractivity contribution in [2.75, 3.05) is 0 Å². The maximum absolute atomic E-state index is 4.33. The topological polar surface area (TPSA) is 17.8 Å². The first kappa shape index (κ1) is 7.58. The minimum Gasteiger partial charge on any atom is -0.269 e. The molecule has 0 aromatic carbocycles. The number of hydrogen-bond donors (Lipinski definition) is 0. The van der Waals surface area contributed by atoms with E-state index in [1.807, 2.05) is 6.20 Å². The quantitative estimate of drug-likeness (QED) is 0.655. The summed E-state index contributed by atoms with van der Waals surface area (Å²) < 4.78 is 3.50. The van der Waals surface area contributed by atoms with Gasteiger partial charge in [-0.1, -0.05) is 6.42 Å². The number of halogens is 1. The van der Waals surface area contributed by atoms with Gasteiger partial charge in [0.25, 0.3) is 0 Å². The predicted molar refractivity (Wildman–Crippen MR) is 52.5 cm³/mol. The van der Waals surface area contributed by atoms with Crippen LogP contribution in [-0.4, -0.2) is 9.78 Å². The van der Waals surface area contributed by atoms with Gasteiger partial charge < -0.3 is 0 Å². The Morgan fingerprint density at radius 2 is 2.27 bits per heavy atom. The summed E-state index contributed by atoms with van der Waals surface area (Å²) in [5.41, 5.74) is 1.45. The first-order chi connectivity index (χ1) is 5.38. The van der Waals surface area contributed by atoms with Gasteiger partial charge in [0.1, 0.15) is 0 Å². The van der Waals surface area contributed by atoms with E-state index in [9.17, 15) is 0 Å². The lowest BCUT2D eigenvalue weighted by Gasteiger charge is -2.00. The fourth-order valence-corrected chi connectivity index (χ4v) is 2.23. The van der Waals surface area contributed by atoms with Gasteiger partial charge in [0, 0.05) is 6.54 Å². The Morgan fingerprint density at radius 3 is 3.18 bits per heavy atom. The Hall–Kier alpha value is -0.0600. The highest BCUT2D eigenvalue weighted by molar-refractivity contribution is 14.1. The van der Waals surface area contributed by atoms with E-state index in [-0.39, 0.29) is 0 Å². The number of nitrogens with zero attached hydrogens (tertiary/aromatic N) is 2. The van der Waals surface area contributed by atoms with Gasteiger partial charge in [-0.3, -0.25) is 4.68 Å². The molecule has 1 aromatic rings. The first-order valence-electron chi connectivity index (χ1n) is 4.08. The Balaban J connectivity index is 2.35. The molecule has 0 saturated heterocycles. The van der Waals surface area contributed by atoms with E-state index in [4.69, 9.17) is 0 Å². The summed E-state index contributed by atoms with van der Waals surface area (Å²) in [6.45, 7) is 1.12. The number of aromatic nitrogens is 2. The summed E-state index contributed by atoms with van der Waals surface area (Å²) in [5.74, 6) is 0. The van der Waals surface area contributed by atoms with Crippen molar-refractivity contribution in [3.63, 3.8) is 0 Å². The van der Waals surface area contributed by atoms with Crippen molar-refractivity contribution < 1.29 is 0 Å². The highest BCUT2D eigenvalue weighted by atomic mass is 127. The molecule has 0 amide bonds. The zero-order valence-corrected chi connectivity index (χ0v) is 8.54. The summed E-state index contributed by atoms with van der Waals surface area (Å²) in [6, 6.07) is 0. The Kier molecular flexibility index (Phi) is 2.16. The molecule has 2 nitrogen and oxygen atoms in total. The number of hydrogen-bond acceptors (Lipinski definition) is 1. The molecule has 2 rings (SSSR count). The van der Waals surface area contributed by atoms with Gasteiger partial charge in [0.2, 0.25) is 0 Å². The Labute approximate surface area is 80.1 Å². The van der Waals surface area contributed by atoms with Crippen LogP contribution in [0.1, 0.15) is 25.0 Å². The Morgan fingerprint density at radius 1 is 1.36 bits per heavy atom. The third kappa shape index (κ3) is 1.43. The van der Waals surface area contributed by atoms with Gasteiger partial charge >= 0.3 is 0 Å². The van der Waals surface area contributed by atoms with Gasteiger partial charge in [-0.2, -0.15) is 5.10 Å². The molecule has 0 spiro atoms. The fraction of sp³-hybridized carbons (Fsp3) is 0.625. The van der Waals surface area contributed by atoms with E-state index in [0.29, 0.717) is 0 Å². The first-order valence-corrected chi connectivity index (χ1v) is 5.16.